The molecule has 0 unspecified atom stereocenters. The third-order valence-corrected chi connectivity index (χ3v) is 1.76. The Morgan fingerprint density at radius 3 is 2.73 bits per heavy atom. The average molecular weight is 153 g/mol. The van der Waals surface area contributed by atoms with Crippen LogP contribution in [0.15, 0.2) is 17.4 Å². The molecule has 0 bridgehead atoms. The average Bonchev–Trinajstić information content (AvgIpc) is 2.07. The van der Waals surface area contributed by atoms with Gasteiger partial charge in [-0.25, -0.2) is 4.99 Å². The van der Waals surface area contributed by atoms with Crippen molar-refractivity contribution in [3.8, 4) is 0 Å². The Morgan fingerprint density at radius 2 is 2.18 bits per heavy atom. The quantitative estimate of drug-likeness (QED) is 0.583. The van der Waals surface area contributed by atoms with Crippen LogP contribution in [0.25, 0.3) is 0 Å². The fourth-order valence-corrected chi connectivity index (χ4v) is 1.15. The van der Waals surface area contributed by atoms with Gasteiger partial charge in [-0.3, -0.25) is 0 Å². The van der Waals surface area contributed by atoms with Crippen LogP contribution in [0.1, 0.15) is 6.92 Å². The molecule has 1 fully saturated rings. The maximum Gasteiger partial charge on any atom is 0.120 e. The summed E-state index contributed by atoms with van der Waals surface area (Å²) < 4.78 is 0. The van der Waals surface area contributed by atoms with Crippen LogP contribution in [0.3, 0.4) is 0 Å². The standard InChI is InChI=1S/C8H15N3/c1-3-10-8(2)11-6-4-9-5-7-11/h3,9H,2,4-7H2,1H3. The minimum absolute atomic E-state index is 0.883. The van der Waals surface area contributed by atoms with E-state index in [4.69, 9.17) is 0 Å². The fourth-order valence-electron chi connectivity index (χ4n) is 1.15. The number of hydrogen-bond donors (Lipinski definition) is 1. The number of piperazine rings is 1. The first-order valence-electron chi connectivity index (χ1n) is 3.98. The number of rotatable bonds is 2. The van der Waals surface area contributed by atoms with Gasteiger partial charge in [0.15, 0.2) is 0 Å². The molecule has 0 aliphatic carbocycles. The van der Waals surface area contributed by atoms with Crippen molar-refractivity contribution >= 4 is 6.21 Å². The molecule has 0 aromatic carbocycles. The highest BCUT2D eigenvalue weighted by molar-refractivity contribution is 5.54. The van der Waals surface area contributed by atoms with E-state index in [9.17, 15) is 0 Å². The third kappa shape index (κ3) is 2.35. The summed E-state index contributed by atoms with van der Waals surface area (Å²) in [5, 5.41) is 3.28. The van der Waals surface area contributed by atoms with E-state index in [-0.39, 0.29) is 0 Å². The first-order valence-corrected chi connectivity index (χ1v) is 3.98. The van der Waals surface area contributed by atoms with Crippen LogP contribution >= 0.6 is 0 Å². The fraction of sp³-hybridized carbons (Fsp3) is 0.625. The Morgan fingerprint density at radius 1 is 1.55 bits per heavy atom. The van der Waals surface area contributed by atoms with Gasteiger partial charge in [0.2, 0.25) is 0 Å². The van der Waals surface area contributed by atoms with Crippen molar-refractivity contribution < 1.29 is 0 Å². The summed E-state index contributed by atoms with van der Waals surface area (Å²) in [4.78, 5) is 6.32. The number of nitrogens with one attached hydrogen (secondary N) is 1. The van der Waals surface area contributed by atoms with Gasteiger partial charge in [-0.1, -0.05) is 6.58 Å². The SMILES string of the molecule is C=C(N=CC)N1CCNCC1. The zero-order valence-corrected chi connectivity index (χ0v) is 7.01. The normalized spacial score (nSPS) is 19.2. The van der Waals surface area contributed by atoms with Crippen LogP contribution in [-0.4, -0.2) is 37.3 Å². The number of hydrogen-bond acceptors (Lipinski definition) is 3. The van der Waals surface area contributed by atoms with Crippen molar-refractivity contribution in [3.05, 3.63) is 12.4 Å². The molecule has 3 heteroatoms. The Balaban J connectivity index is 2.38. The first-order chi connectivity index (χ1) is 5.34. The van der Waals surface area contributed by atoms with Gasteiger partial charge in [-0.05, 0) is 6.92 Å². The summed E-state index contributed by atoms with van der Waals surface area (Å²) in [7, 11) is 0. The second-order valence-corrected chi connectivity index (χ2v) is 2.54. The topological polar surface area (TPSA) is 27.6 Å². The van der Waals surface area contributed by atoms with Crippen LogP contribution < -0.4 is 5.32 Å². The van der Waals surface area contributed by atoms with Gasteiger partial charge in [0.1, 0.15) is 5.82 Å². The molecule has 3 nitrogen and oxygen atoms in total. The molecule has 62 valence electrons. The molecule has 0 saturated carbocycles. The summed E-state index contributed by atoms with van der Waals surface area (Å²) in [6.45, 7) is 9.91. The van der Waals surface area contributed by atoms with Gasteiger partial charge in [0.05, 0.1) is 0 Å². The molecule has 0 atom stereocenters. The monoisotopic (exact) mass is 153 g/mol. The van der Waals surface area contributed by atoms with Crippen LogP contribution in [-0.2, 0) is 0 Å². The molecular weight excluding hydrogens is 138 g/mol. The minimum atomic E-state index is 0.883. The molecular formula is C8H15N3. The maximum absolute atomic E-state index is 4.13. The van der Waals surface area contributed by atoms with Crippen LogP contribution in [0.5, 0.6) is 0 Å². The summed E-state index contributed by atoms with van der Waals surface area (Å²) in [5.41, 5.74) is 0. The van der Waals surface area contributed by atoms with Crippen molar-refractivity contribution in [2.75, 3.05) is 26.2 Å². The Labute approximate surface area is 67.8 Å². The van der Waals surface area contributed by atoms with Crippen LogP contribution in [0.2, 0.25) is 0 Å². The smallest absolute Gasteiger partial charge is 0.120 e. The van der Waals surface area contributed by atoms with Crippen molar-refractivity contribution in [3.63, 3.8) is 0 Å². The molecule has 0 aromatic rings. The molecule has 0 aromatic heterocycles. The van der Waals surface area contributed by atoms with Crippen molar-refractivity contribution in [1.29, 1.82) is 0 Å². The van der Waals surface area contributed by atoms with Gasteiger partial charge < -0.3 is 10.2 Å². The highest BCUT2D eigenvalue weighted by Crippen LogP contribution is 2.03. The van der Waals surface area contributed by atoms with E-state index in [0.29, 0.717) is 0 Å². The van der Waals surface area contributed by atoms with Gasteiger partial charge in [0.25, 0.3) is 0 Å². The molecule has 0 amide bonds. The lowest BCUT2D eigenvalue weighted by Crippen LogP contribution is -2.42. The number of aliphatic imine (C=N–C) groups is 1. The third-order valence-electron chi connectivity index (χ3n) is 1.76. The largest absolute Gasteiger partial charge is 0.355 e. The molecule has 11 heavy (non-hydrogen) atoms. The van der Waals surface area contributed by atoms with E-state index in [1.807, 2.05) is 6.92 Å². The summed E-state index contributed by atoms with van der Waals surface area (Å²) in [6.07, 6.45) is 1.78. The molecule has 1 aliphatic heterocycles. The lowest BCUT2D eigenvalue weighted by atomic mass is 10.4. The molecule has 1 aliphatic rings. The zero-order chi connectivity index (χ0) is 8.10. The van der Waals surface area contributed by atoms with Gasteiger partial charge in [-0.15, -0.1) is 0 Å². The molecule has 0 spiro atoms. The summed E-state index contributed by atoms with van der Waals surface area (Å²) in [5.74, 6) is 0.883. The van der Waals surface area contributed by atoms with Gasteiger partial charge >= 0.3 is 0 Å². The minimum Gasteiger partial charge on any atom is -0.355 e. The lowest BCUT2D eigenvalue weighted by Gasteiger charge is -2.28. The second-order valence-electron chi connectivity index (χ2n) is 2.54. The molecule has 0 radical (unpaired) electrons. The predicted molar refractivity (Wildman–Crippen MR) is 47.7 cm³/mol. The Hall–Kier alpha value is -0.830. The van der Waals surface area contributed by atoms with E-state index >= 15 is 0 Å². The Bertz CT molecular complexity index is 157. The van der Waals surface area contributed by atoms with Crippen molar-refractivity contribution in [2.45, 2.75) is 6.92 Å². The van der Waals surface area contributed by atoms with E-state index in [2.05, 4.69) is 21.8 Å². The van der Waals surface area contributed by atoms with Crippen LogP contribution in [0, 0.1) is 0 Å². The van der Waals surface area contributed by atoms with Crippen molar-refractivity contribution in [1.82, 2.24) is 10.2 Å². The van der Waals surface area contributed by atoms with E-state index in [1.54, 1.807) is 6.21 Å². The molecule has 1 saturated heterocycles. The van der Waals surface area contributed by atoms with Crippen LogP contribution in [0.4, 0.5) is 0 Å². The van der Waals surface area contributed by atoms with Gasteiger partial charge in [0, 0.05) is 32.4 Å². The molecule has 1 N–H and O–H groups in total. The van der Waals surface area contributed by atoms with E-state index < -0.39 is 0 Å². The summed E-state index contributed by atoms with van der Waals surface area (Å²) in [6, 6.07) is 0. The highest BCUT2D eigenvalue weighted by Gasteiger charge is 2.08. The first kappa shape index (κ1) is 8.27. The predicted octanol–water partition coefficient (Wildman–Crippen LogP) is 0.454. The van der Waals surface area contributed by atoms with Gasteiger partial charge in [-0.2, -0.15) is 0 Å². The lowest BCUT2D eigenvalue weighted by molar-refractivity contribution is 0.298. The Kier molecular flexibility index (Phi) is 3.11. The second kappa shape index (κ2) is 4.13. The zero-order valence-electron chi connectivity index (χ0n) is 7.01. The number of nitrogens with zero attached hydrogens (tertiary/aromatic N) is 2. The van der Waals surface area contributed by atoms with E-state index in [0.717, 1.165) is 32.0 Å². The van der Waals surface area contributed by atoms with E-state index in [1.165, 1.54) is 0 Å². The molecule has 1 heterocycles. The van der Waals surface area contributed by atoms with Crippen molar-refractivity contribution in [2.24, 2.45) is 4.99 Å². The maximum atomic E-state index is 4.13. The molecule has 1 rings (SSSR count). The highest BCUT2D eigenvalue weighted by atomic mass is 15.2. The summed E-state index contributed by atoms with van der Waals surface area (Å²) >= 11 is 0.